The number of nitrogens with zero attached hydrogens (tertiary/aromatic N) is 2. The van der Waals surface area contributed by atoms with E-state index in [1.165, 1.54) is 56.7 Å². The Morgan fingerprint density at radius 3 is 2.67 bits per heavy atom. The normalized spacial score (nSPS) is 23.4. The molecule has 0 radical (unpaired) electrons. The van der Waals surface area contributed by atoms with E-state index in [2.05, 4.69) is 53.2 Å². The van der Waals surface area contributed by atoms with Crippen LogP contribution in [0.2, 0.25) is 0 Å². The van der Waals surface area contributed by atoms with Crippen molar-refractivity contribution in [3.63, 3.8) is 0 Å². The van der Waals surface area contributed by atoms with E-state index in [-0.39, 0.29) is 0 Å². The van der Waals surface area contributed by atoms with Gasteiger partial charge >= 0.3 is 0 Å². The molecule has 1 N–H and O–H groups in total. The topological polar surface area (TPSA) is 18.5 Å². The highest BCUT2D eigenvalue weighted by Gasteiger charge is 2.28. The molecule has 3 heteroatoms. The predicted octanol–water partition coefficient (Wildman–Crippen LogP) is 2.86. The van der Waals surface area contributed by atoms with Crippen LogP contribution in [-0.4, -0.2) is 43.2 Å². The van der Waals surface area contributed by atoms with Crippen LogP contribution in [0.3, 0.4) is 0 Å². The number of rotatable bonds is 4. The first-order valence-corrected chi connectivity index (χ1v) is 8.54. The van der Waals surface area contributed by atoms with E-state index in [9.17, 15) is 0 Å². The largest absolute Gasteiger partial charge is 0.369 e. The van der Waals surface area contributed by atoms with Gasteiger partial charge in [0.2, 0.25) is 0 Å². The maximum atomic E-state index is 3.48. The fourth-order valence-electron chi connectivity index (χ4n) is 3.54. The highest BCUT2D eigenvalue weighted by Crippen LogP contribution is 2.25. The van der Waals surface area contributed by atoms with Crippen molar-refractivity contribution in [1.82, 2.24) is 10.2 Å². The van der Waals surface area contributed by atoms with Gasteiger partial charge in [-0.2, -0.15) is 0 Å². The van der Waals surface area contributed by atoms with Gasteiger partial charge in [-0.25, -0.2) is 0 Å². The second kappa shape index (κ2) is 6.80. The zero-order valence-electron chi connectivity index (χ0n) is 13.5. The number of nitrogens with one attached hydrogen (secondary N) is 1. The third-order valence-electron chi connectivity index (χ3n) is 4.85. The molecule has 3 rings (SSSR count). The zero-order chi connectivity index (χ0) is 14.7. The predicted molar refractivity (Wildman–Crippen MR) is 89.8 cm³/mol. The van der Waals surface area contributed by atoms with E-state index in [4.69, 9.17) is 0 Å². The van der Waals surface area contributed by atoms with Gasteiger partial charge in [0.05, 0.1) is 0 Å². The van der Waals surface area contributed by atoms with E-state index in [1.807, 2.05) is 0 Å². The summed E-state index contributed by atoms with van der Waals surface area (Å²) in [6, 6.07) is 10.5. The van der Waals surface area contributed by atoms with Crippen molar-refractivity contribution in [2.45, 2.75) is 51.7 Å². The Kier molecular flexibility index (Phi) is 4.81. The lowest BCUT2D eigenvalue weighted by Gasteiger charge is -2.45. The molecule has 2 aliphatic heterocycles. The molecule has 3 nitrogen and oxygen atoms in total. The third kappa shape index (κ3) is 3.78. The molecule has 0 bridgehead atoms. The van der Waals surface area contributed by atoms with Crippen LogP contribution in [0.15, 0.2) is 24.3 Å². The minimum atomic E-state index is 0.545. The first kappa shape index (κ1) is 14.9. The van der Waals surface area contributed by atoms with E-state index in [0.717, 1.165) is 12.6 Å². The second-order valence-corrected chi connectivity index (χ2v) is 6.83. The van der Waals surface area contributed by atoms with Crippen molar-refractivity contribution < 1.29 is 0 Å². The van der Waals surface area contributed by atoms with Gasteiger partial charge in [0.1, 0.15) is 0 Å². The van der Waals surface area contributed by atoms with Crippen LogP contribution >= 0.6 is 0 Å². The van der Waals surface area contributed by atoms with E-state index in [1.54, 1.807) is 0 Å². The van der Waals surface area contributed by atoms with Crippen molar-refractivity contribution in [2.24, 2.45) is 0 Å². The minimum Gasteiger partial charge on any atom is -0.369 e. The highest BCUT2D eigenvalue weighted by molar-refractivity contribution is 5.48. The minimum absolute atomic E-state index is 0.545. The van der Waals surface area contributed by atoms with Crippen molar-refractivity contribution >= 4 is 5.69 Å². The fourth-order valence-corrected chi connectivity index (χ4v) is 3.54. The number of hydrogen-bond donors (Lipinski definition) is 1. The molecule has 0 saturated carbocycles. The number of benzene rings is 1. The van der Waals surface area contributed by atoms with E-state index >= 15 is 0 Å². The maximum Gasteiger partial charge on any atom is 0.0367 e. The van der Waals surface area contributed by atoms with Crippen LogP contribution in [0, 0.1) is 0 Å². The molecule has 2 saturated heterocycles. The molecule has 116 valence electrons. The standard InChI is InChI=1S/C18H29N3/c1-15(2)19-13-16-6-8-17(9-7-16)21-12-11-20-10-4-3-5-18(20)14-21/h6-9,15,18-19H,3-5,10-14H2,1-2H3. The Bertz CT molecular complexity index is 440. The van der Waals surface area contributed by atoms with Gasteiger partial charge in [0.15, 0.2) is 0 Å². The molecule has 1 aromatic carbocycles. The molecule has 2 heterocycles. The van der Waals surface area contributed by atoms with E-state index in [0.29, 0.717) is 6.04 Å². The number of piperazine rings is 1. The summed E-state index contributed by atoms with van der Waals surface area (Å²) in [6.45, 7) is 10.3. The molecule has 2 aliphatic rings. The van der Waals surface area contributed by atoms with Gasteiger partial charge < -0.3 is 10.2 Å². The third-order valence-corrected chi connectivity index (χ3v) is 4.85. The first-order chi connectivity index (χ1) is 10.2. The number of fused-ring (bicyclic) bond motifs is 1. The van der Waals surface area contributed by atoms with Crippen molar-refractivity contribution in [1.29, 1.82) is 0 Å². The van der Waals surface area contributed by atoms with Crippen LogP contribution in [0.1, 0.15) is 38.7 Å². The Labute approximate surface area is 129 Å². The van der Waals surface area contributed by atoms with Gasteiger partial charge in [-0.15, -0.1) is 0 Å². The smallest absolute Gasteiger partial charge is 0.0367 e. The molecular formula is C18H29N3. The molecule has 1 aromatic rings. The number of hydrogen-bond acceptors (Lipinski definition) is 3. The SMILES string of the molecule is CC(C)NCc1ccc(N2CCN3CCCCC3C2)cc1. The molecule has 2 fully saturated rings. The Hall–Kier alpha value is -1.06. The maximum absolute atomic E-state index is 3.48. The van der Waals surface area contributed by atoms with Crippen LogP contribution < -0.4 is 10.2 Å². The molecular weight excluding hydrogens is 258 g/mol. The van der Waals surface area contributed by atoms with Crippen molar-refractivity contribution in [3.05, 3.63) is 29.8 Å². The summed E-state index contributed by atoms with van der Waals surface area (Å²) >= 11 is 0. The van der Waals surface area contributed by atoms with Crippen LogP contribution in [-0.2, 0) is 6.54 Å². The number of anilines is 1. The summed E-state index contributed by atoms with van der Waals surface area (Å²) in [5.41, 5.74) is 2.78. The summed E-state index contributed by atoms with van der Waals surface area (Å²) in [5.74, 6) is 0. The monoisotopic (exact) mass is 287 g/mol. The summed E-state index contributed by atoms with van der Waals surface area (Å²) in [4.78, 5) is 5.27. The average Bonchev–Trinajstić information content (AvgIpc) is 2.53. The van der Waals surface area contributed by atoms with Crippen molar-refractivity contribution in [2.75, 3.05) is 31.1 Å². The first-order valence-electron chi connectivity index (χ1n) is 8.54. The van der Waals surface area contributed by atoms with Gasteiger partial charge in [0, 0.05) is 44.0 Å². The van der Waals surface area contributed by atoms with Crippen LogP contribution in [0.25, 0.3) is 0 Å². The zero-order valence-corrected chi connectivity index (χ0v) is 13.5. The average molecular weight is 287 g/mol. The van der Waals surface area contributed by atoms with Gasteiger partial charge in [-0.05, 0) is 37.1 Å². The highest BCUT2D eigenvalue weighted by atomic mass is 15.3. The van der Waals surface area contributed by atoms with Gasteiger partial charge in [-0.3, -0.25) is 4.90 Å². The van der Waals surface area contributed by atoms with Gasteiger partial charge in [0.25, 0.3) is 0 Å². The summed E-state index contributed by atoms with van der Waals surface area (Å²) in [7, 11) is 0. The molecule has 0 amide bonds. The number of piperidine rings is 1. The Morgan fingerprint density at radius 2 is 1.90 bits per heavy atom. The van der Waals surface area contributed by atoms with Crippen LogP contribution in [0.5, 0.6) is 0 Å². The van der Waals surface area contributed by atoms with Crippen molar-refractivity contribution in [3.8, 4) is 0 Å². The fraction of sp³-hybridized carbons (Fsp3) is 0.667. The molecule has 0 spiro atoms. The Morgan fingerprint density at radius 1 is 1.10 bits per heavy atom. The lowest BCUT2D eigenvalue weighted by molar-refractivity contribution is 0.133. The molecule has 21 heavy (non-hydrogen) atoms. The summed E-state index contributed by atoms with van der Waals surface area (Å²) in [6.07, 6.45) is 4.19. The van der Waals surface area contributed by atoms with Crippen LogP contribution in [0.4, 0.5) is 5.69 Å². The second-order valence-electron chi connectivity index (χ2n) is 6.83. The molecule has 1 atom stereocenters. The summed E-state index contributed by atoms with van der Waals surface area (Å²) in [5, 5.41) is 3.48. The molecule has 1 unspecified atom stereocenters. The summed E-state index contributed by atoms with van der Waals surface area (Å²) < 4.78 is 0. The molecule has 0 aromatic heterocycles. The lowest BCUT2D eigenvalue weighted by atomic mass is 9.99. The Balaban J connectivity index is 1.59. The van der Waals surface area contributed by atoms with E-state index < -0.39 is 0 Å². The van der Waals surface area contributed by atoms with Gasteiger partial charge in [-0.1, -0.05) is 32.4 Å². The lowest BCUT2D eigenvalue weighted by Crippen LogP contribution is -2.54. The molecule has 0 aliphatic carbocycles. The quantitative estimate of drug-likeness (QED) is 0.918.